The van der Waals surface area contributed by atoms with Crippen LogP contribution >= 0.6 is 11.6 Å². The van der Waals surface area contributed by atoms with E-state index in [-0.39, 0.29) is 0 Å². The quantitative estimate of drug-likeness (QED) is 0.759. The maximum atomic E-state index is 6.21. The minimum Gasteiger partial charge on any atom is -0.381 e. The van der Waals surface area contributed by atoms with Gasteiger partial charge < -0.3 is 10.5 Å². The first-order chi connectivity index (χ1) is 6.72. The minimum absolute atomic E-state index is 0.400. The molecule has 14 heavy (non-hydrogen) atoms. The van der Waals surface area contributed by atoms with E-state index < -0.39 is 5.54 Å². The van der Waals surface area contributed by atoms with Crippen LogP contribution in [0.5, 0.6) is 0 Å². The summed E-state index contributed by atoms with van der Waals surface area (Å²) in [6, 6.07) is 0. The number of nitrogens with two attached hydrogens (primary N) is 1. The first-order valence-corrected chi connectivity index (χ1v) is 4.94. The Balaban J connectivity index is 2.32. The number of hydrogen-bond acceptors (Lipinski definition) is 4. The van der Waals surface area contributed by atoms with Gasteiger partial charge in [-0.05, 0) is 12.8 Å². The molecule has 1 aliphatic heterocycles. The smallest absolute Gasteiger partial charge is 0.152 e. The molecule has 2 rings (SSSR count). The minimum atomic E-state index is -0.469. The zero-order valence-electron chi connectivity index (χ0n) is 7.74. The van der Waals surface area contributed by atoms with E-state index in [4.69, 9.17) is 22.1 Å². The first-order valence-electron chi connectivity index (χ1n) is 4.56. The van der Waals surface area contributed by atoms with Gasteiger partial charge in [0.25, 0.3) is 0 Å². The average Bonchev–Trinajstić information content (AvgIpc) is 2.19. The molecule has 1 fully saturated rings. The van der Waals surface area contributed by atoms with E-state index in [2.05, 4.69) is 9.97 Å². The van der Waals surface area contributed by atoms with Crippen LogP contribution in [-0.4, -0.2) is 23.2 Å². The normalized spacial score (nSPS) is 20.7. The summed E-state index contributed by atoms with van der Waals surface area (Å²) in [5, 5.41) is 0.400. The summed E-state index contributed by atoms with van der Waals surface area (Å²) in [6.07, 6.45) is 4.66. The van der Waals surface area contributed by atoms with Gasteiger partial charge in [-0.2, -0.15) is 0 Å². The van der Waals surface area contributed by atoms with Crippen molar-refractivity contribution in [1.82, 2.24) is 9.97 Å². The van der Waals surface area contributed by atoms with Crippen molar-refractivity contribution in [3.05, 3.63) is 23.2 Å². The monoisotopic (exact) mass is 213 g/mol. The SMILES string of the molecule is NC1(c2nccnc2Cl)CCOCC1. The third-order valence-electron chi connectivity index (χ3n) is 2.51. The van der Waals surface area contributed by atoms with Gasteiger partial charge >= 0.3 is 0 Å². The highest BCUT2D eigenvalue weighted by Gasteiger charge is 2.33. The summed E-state index contributed by atoms with van der Waals surface area (Å²) in [7, 11) is 0. The average molecular weight is 214 g/mol. The zero-order chi connectivity index (χ0) is 10.0. The van der Waals surface area contributed by atoms with Gasteiger partial charge in [0.2, 0.25) is 0 Å². The van der Waals surface area contributed by atoms with Gasteiger partial charge in [0, 0.05) is 25.6 Å². The predicted octanol–water partition coefficient (Wildman–Crippen LogP) is 1.09. The number of aromatic nitrogens is 2. The molecule has 1 aromatic rings. The predicted molar refractivity (Wildman–Crippen MR) is 53.0 cm³/mol. The van der Waals surface area contributed by atoms with Crippen LogP contribution < -0.4 is 5.73 Å². The van der Waals surface area contributed by atoms with Crippen molar-refractivity contribution in [2.45, 2.75) is 18.4 Å². The molecule has 4 nitrogen and oxygen atoms in total. The molecule has 0 aliphatic carbocycles. The van der Waals surface area contributed by atoms with E-state index in [0.717, 1.165) is 12.8 Å². The van der Waals surface area contributed by atoms with E-state index in [1.807, 2.05) is 0 Å². The van der Waals surface area contributed by atoms with Gasteiger partial charge in [-0.3, -0.25) is 4.98 Å². The summed E-state index contributed by atoms with van der Waals surface area (Å²) in [5.41, 5.74) is 6.43. The fourth-order valence-corrected chi connectivity index (χ4v) is 1.92. The van der Waals surface area contributed by atoms with Gasteiger partial charge in [-0.15, -0.1) is 0 Å². The Morgan fingerprint density at radius 1 is 1.29 bits per heavy atom. The number of nitrogens with zero attached hydrogens (tertiary/aromatic N) is 2. The largest absolute Gasteiger partial charge is 0.381 e. The molecule has 1 aliphatic rings. The molecule has 2 N–H and O–H groups in total. The molecule has 0 spiro atoms. The number of ether oxygens (including phenoxy) is 1. The molecule has 0 saturated carbocycles. The number of hydrogen-bond donors (Lipinski definition) is 1. The fourth-order valence-electron chi connectivity index (χ4n) is 1.63. The van der Waals surface area contributed by atoms with Crippen molar-refractivity contribution in [2.75, 3.05) is 13.2 Å². The molecule has 0 bridgehead atoms. The lowest BCUT2D eigenvalue weighted by molar-refractivity contribution is 0.0507. The lowest BCUT2D eigenvalue weighted by Gasteiger charge is -2.32. The second kappa shape index (κ2) is 3.81. The Labute approximate surface area is 87.4 Å². The standard InChI is InChI=1S/C9H12ClN3O/c10-8-7(12-3-4-13-8)9(11)1-5-14-6-2-9/h3-4H,1-2,5-6,11H2. The van der Waals surface area contributed by atoms with Crippen molar-refractivity contribution in [1.29, 1.82) is 0 Å². The Hall–Kier alpha value is -0.710. The van der Waals surface area contributed by atoms with Gasteiger partial charge in [0.15, 0.2) is 5.15 Å². The van der Waals surface area contributed by atoms with Crippen LogP contribution in [0.1, 0.15) is 18.5 Å². The van der Waals surface area contributed by atoms with E-state index in [0.29, 0.717) is 24.1 Å². The van der Waals surface area contributed by atoms with E-state index in [9.17, 15) is 0 Å². The van der Waals surface area contributed by atoms with Crippen molar-refractivity contribution in [3.8, 4) is 0 Å². The van der Waals surface area contributed by atoms with Gasteiger partial charge in [0.1, 0.15) is 0 Å². The molecular weight excluding hydrogens is 202 g/mol. The van der Waals surface area contributed by atoms with E-state index in [1.54, 1.807) is 12.4 Å². The molecule has 5 heteroatoms. The maximum absolute atomic E-state index is 6.21. The summed E-state index contributed by atoms with van der Waals surface area (Å²) in [5.74, 6) is 0. The van der Waals surface area contributed by atoms with Crippen molar-refractivity contribution < 1.29 is 4.74 Å². The highest BCUT2D eigenvalue weighted by atomic mass is 35.5. The Morgan fingerprint density at radius 2 is 1.93 bits per heavy atom. The number of halogens is 1. The third kappa shape index (κ3) is 1.73. The molecule has 1 aromatic heterocycles. The lowest BCUT2D eigenvalue weighted by atomic mass is 9.88. The lowest BCUT2D eigenvalue weighted by Crippen LogP contribution is -2.43. The molecule has 0 aromatic carbocycles. The fraction of sp³-hybridized carbons (Fsp3) is 0.556. The molecule has 0 atom stereocenters. The van der Waals surface area contributed by atoms with Crippen LogP contribution in [0.2, 0.25) is 5.15 Å². The second-order valence-electron chi connectivity index (χ2n) is 3.46. The van der Waals surface area contributed by atoms with E-state index >= 15 is 0 Å². The topological polar surface area (TPSA) is 61.0 Å². The Bertz CT molecular complexity index is 326. The summed E-state index contributed by atoms with van der Waals surface area (Å²) < 4.78 is 5.25. The van der Waals surface area contributed by atoms with E-state index in [1.165, 1.54) is 0 Å². The molecular formula is C9H12ClN3O. The molecule has 0 unspecified atom stereocenters. The van der Waals surface area contributed by atoms with Crippen LogP contribution in [0.25, 0.3) is 0 Å². The Kier molecular flexibility index (Phi) is 2.67. The van der Waals surface area contributed by atoms with Crippen LogP contribution in [0.15, 0.2) is 12.4 Å². The van der Waals surface area contributed by atoms with Gasteiger partial charge in [0.05, 0.1) is 11.2 Å². The summed E-state index contributed by atoms with van der Waals surface area (Å²) in [6.45, 7) is 1.31. The maximum Gasteiger partial charge on any atom is 0.152 e. The zero-order valence-corrected chi connectivity index (χ0v) is 8.50. The van der Waals surface area contributed by atoms with Gasteiger partial charge in [-0.1, -0.05) is 11.6 Å². The molecule has 0 amide bonds. The molecule has 76 valence electrons. The van der Waals surface area contributed by atoms with Crippen molar-refractivity contribution >= 4 is 11.6 Å². The van der Waals surface area contributed by atoms with Crippen molar-refractivity contribution in [3.63, 3.8) is 0 Å². The summed E-state index contributed by atoms with van der Waals surface area (Å²) >= 11 is 5.95. The van der Waals surface area contributed by atoms with Crippen LogP contribution in [0.4, 0.5) is 0 Å². The van der Waals surface area contributed by atoms with Crippen LogP contribution in [0, 0.1) is 0 Å². The molecule has 1 saturated heterocycles. The van der Waals surface area contributed by atoms with Crippen LogP contribution in [0.3, 0.4) is 0 Å². The highest BCUT2D eigenvalue weighted by Crippen LogP contribution is 2.30. The highest BCUT2D eigenvalue weighted by molar-refractivity contribution is 6.30. The number of rotatable bonds is 1. The van der Waals surface area contributed by atoms with Crippen LogP contribution in [-0.2, 0) is 10.3 Å². The van der Waals surface area contributed by atoms with Gasteiger partial charge in [-0.25, -0.2) is 4.98 Å². The van der Waals surface area contributed by atoms with Crippen molar-refractivity contribution in [2.24, 2.45) is 5.73 Å². The third-order valence-corrected chi connectivity index (χ3v) is 2.79. The molecule has 0 radical (unpaired) electrons. The first kappa shape index (κ1) is 9.83. The molecule has 2 heterocycles. The Morgan fingerprint density at radius 3 is 2.57 bits per heavy atom. The second-order valence-corrected chi connectivity index (χ2v) is 3.82. The summed E-state index contributed by atoms with van der Waals surface area (Å²) in [4.78, 5) is 8.18.